The Bertz CT molecular complexity index is 497. The van der Waals surface area contributed by atoms with E-state index in [9.17, 15) is 14.4 Å². The van der Waals surface area contributed by atoms with Crippen LogP contribution < -0.4 is 10.6 Å². The van der Waals surface area contributed by atoms with Crippen LogP contribution in [0.1, 0.15) is 42.1 Å². The molecular weight excluding hydrogens is 272 g/mol. The smallest absolute Gasteiger partial charge is 0.335 e. The van der Waals surface area contributed by atoms with Gasteiger partial charge in [-0.05, 0) is 31.0 Å². The van der Waals surface area contributed by atoms with Crippen LogP contribution in [0.5, 0.6) is 0 Å². The molecule has 0 saturated carbocycles. The number of nitrogens with one attached hydrogen (secondary N) is 2. The normalized spacial score (nSPS) is 9.95. The number of rotatable bonds is 8. The van der Waals surface area contributed by atoms with Gasteiger partial charge in [-0.15, -0.1) is 0 Å². The zero-order chi connectivity index (χ0) is 15.7. The minimum atomic E-state index is -0.976. The average molecular weight is 292 g/mol. The maximum Gasteiger partial charge on any atom is 0.335 e. The van der Waals surface area contributed by atoms with Gasteiger partial charge in [0.15, 0.2) is 0 Å². The third kappa shape index (κ3) is 6.56. The molecule has 0 saturated heterocycles. The highest BCUT2D eigenvalue weighted by atomic mass is 16.4. The van der Waals surface area contributed by atoms with E-state index in [1.807, 2.05) is 6.92 Å². The molecule has 2 amide bonds. The van der Waals surface area contributed by atoms with Crippen molar-refractivity contribution < 1.29 is 19.5 Å². The third-order valence-electron chi connectivity index (χ3n) is 2.87. The number of hydrogen-bond donors (Lipinski definition) is 3. The lowest BCUT2D eigenvalue weighted by Crippen LogP contribution is -2.25. The lowest BCUT2D eigenvalue weighted by atomic mass is 10.1. The Morgan fingerprint density at radius 3 is 2.10 bits per heavy atom. The van der Waals surface area contributed by atoms with Crippen LogP contribution in [-0.2, 0) is 16.1 Å². The number of carbonyl (C=O) groups is 3. The molecule has 0 fully saturated rings. The van der Waals surface area contributed by atoms with Crippen LogP contribution in [0.15, 0.2) is 24.3 Å². The molecule has 0 aliphatic rings. The highest BCUT2D eigenvalue weighted by molar-refractivity contribution is 5.87. The zero-order valence-electron chi connectivity index (χ0n) is 12.0. The Hall–Kier alpha value is -2.37. The Morgan fingerprint density at radius 1 is 1.00 bits per heavy atom. The van der Waals surface area contributed by atoms with E-state index in [0.29, 0.717) is 32.4 Å². The van der Waals surface area contributed by atoms with Crippen molar-refractivity contribution in [2.45, 2.75) is 32.7 Å². The summed E-state index contributed by atoms with van der Waals surface area (Å²) in [6.45, 7) is 2.79. The maximum atomic E-state index is 11.6. The molecule has 0 heterocycles. The van der Waals surface area contributed by atoms with Crippen molar-refractivity contribution in [3.63, 3.8) is 0 Å². The van der Waals surface area contributed by atoms with Gasteiger partial charge in [-0.25, -0.2) is 4.79 Å². The fraction of sp³-hybridized carbons (Fsp3) is 0.400. The summed E-state index contributed by atoms with van der Waals surface area (Å²) in [6, 6.07) is 6.33. The molecule has 1 aromatic carbocycles. The first-order valence-electron chi connectivity index (χ1n) is 6.88. The fourth-order valence-electron chi connectivity index (χ4n) is 1.75. The van der Waals surface area contributed by atoms with Crippen molar-refractivity contribution in [1.29, 1.82) is 0 Å². The van der Waals surface area contributed by atoms with E-state index in [1.165, 1.54) is 12.1 Å². The van der Waals surface area contributed by atoms with Crippen LogP contribution in [0.4, 0.5) is 0 Å². The number of hydrogen-bond acceptors (Lipinski definition) is 3. The number of aromatic carboxylic acids is 1. The van der Waals surface area contributed by atoms with E-state index >= 15 is 0 Å². The van der Waals surface area contributed by atoms with Crippen molar-refractivity contribution in [3.05, 3.63) is 35.4 Å². The van der Waals surface area contributed by atoms with Gasteiger partial charge in [-0.2, -0.15) is 0 Å². The van der Waals surface area contributed by atoms with Gasteiger partial charge in [0.1, 0.15) is 0 Å². The second-order valence-corrected chi connectivity index (χ2v) is 4.59. The summed E-state index contributed by atoms with van der Waals surface area (Å²) < 4.78 is 0. The molecule has 0 atom stereocenters. The molecule has 6 heteroatoms. The standard InChI is InChI=1S/C15H20N2O4/c1-2-16-13(18)4-3-5-14(19)17-10-11-6-8-12(9-7-11)15(20)21/h6-9H,2-5,10H2,1H3,(H,16,18)(H,17,19)(H,20,21). The first kappa shape index (κ1) is 16.7. The summed E-state index contributed by atoms with van der Waals surface area (Å²) in [5.74, 6) is -1.15. The van der Waals surface area contributed by atoms with E-state index in [2.05, 4.69) is 10.6 Å². The molecular formula is C15H20N2O4. The lowest BCUT2D eigenvalue weighted by molar-refractivity contribution is -0.122. The highest BCUT2D eigenvalue weighted by Gasteiger charge is 2.05. The molecule has 0 radical (unpaired) electrons. The molecule has 1 rings (SSSR count). The predicted molar refractivity (Wildman–Crippen MR) is 77.8 cm³/mol. The van der Waals surface area contributed by atoms with Gasteiger partial charge in [0.05, 0.1) is 5.56 Å². The molecule has 6 nitrogen and oxygen atoms in total. The first-order valence-corrected chi connectivity index (χ1v) is 6.88. The van der Waals surface area contributed by atoms with Crippen molar-refractivity contribution in [3.8, 4) is 0 Å². The van der Waals surface area contributed by atoms with Crippen molar-refractivity contribution in [2.75, 3.05) is 6.54 Å². The summed E-state index contributed by atoms with van der Waals surface area (Å²) in [6.07, 6.45) is 1.15. The second-order valence-electron chi connectivity index (χ2n) is 4.59. The second kappa shape index (κ2) is 8.73. The highest BCUT2D eigenvalue weighted by Crippen LogP contribution is 2.04. The van der Waals surface area contributed by atoms with Gasteiger partial charge < -0.3 is 15.7 Å². The molecule has 114 valence electrons. The van der Waals surface area contributed by atoms with Crippen LogP contribution in [0, 0.1) is 0 Å². The predicted octanol–water partition coefficient (Wildman–Crippen LogP) is 1.31. The summed E-state index contributed by atoms with van der Waals surface area (Å²) >= 11 is 0. The van der Waals surface area contributed by atoms with Gasteiger partial charge in [0.25, 0.3) is 0 Å². The molecule has 0 bridgehead atoms. The van der Waals surface area contributed by atoms with Crippen molar-refractivity contribution in [1.82, 2.24) is 10.6 Å². The lowest BCUT2D eigenvalue weighted by Gasteiger charge is -2.06. The van der Waals surface area contributed by atoms with Crippen LogP contribution in [0.2, 0.25) is 0 Å². The molecule has 1 aromatic rings. The van der Waals surface area contributed by atoms with Gasteiger partial charge >= 0.3 is 5.97 Å². The third-order valence-corrected chi connectivity index (χ3v) is 2.87. The Labute approximate surface area is 123 Å². The number of carbonyl (C=O) groups excluding carboxylic acids is 2. The Kier molecular flexibility index (Phi) is 6.94. The fourth-order valence-corrected chi connectivity index (χ4v) is 1.75. The first-order chi connectivity index (χ1) is 10.0. The van der Waals surface area contributed by atoms with E-state index in [0.717, 1.165) is 5.56 Å². The number of carboxylic acid groups (broad SMARTS) is 1. The largest absolute Gasteiger partial charge is 0.478 e. The quantitative estimate of drug-likeness (QED) is 0.673. The van der Waals surface area contributed by atoms with E-state index in [-0.39, 0.29) is 17.4 Å². The van der Waals surface area contributed by atoms with E-state index < -0.39 is 5.97 Å². The minimum absolute atomic E-state index is 0.0467. The Morgan fingerprint density at radius 2 is 1.57 bits per heavy atom. The van der Waals surface area contributed by atoms with Gasteiger partial charge in [0, 0.05) is 25.9 Å². The van der Waals surface area contributed by atoms with E-state index in [4.69, 9.17) is 5.11 Å². The summed E-state index contributed by atoms with van der Waals surface area (Å²) in [5, 5.41) is 14.2. The number of benzene rings is 1. The molecule has 0 aliphatic carbocycles. The summed E-state index contributed by atoms with van der Waals surface area (Å²) in [4.78, 5) is 33.5. The van der Waals surface area contributed by atoms with Crippen LogP contribution in [-0.4, -0.2) is 29.4 Å². The topological polar surface area (TPSA) is 95.5 Å². The molecule has 0 unspecified atom stereocenters. The zero-order valence-corrected chi connectivity index (χ0v) is 12.0. The minimum Gasteiger partial charge on any atom is -0.478 e. The van der Waals surface area contributed by atoms with Crippen LogP contribution in [0.3, 0.4) is 0 Å². The molecule has 3 N–H and O–H groups in total. The number of carboxylic acids is 1. The van der Waals surface area contributed by atoms with Crippen molar-refractivity contribution >= 4 is 17.8 Å². The summed E-state index contributed by atoms with van der Waals surface area (Å²) in [5.41, 5.74) is 1.05. The van der Waals surface area contributed by atoms with Crippen LogP contribution in [0.25, 0.3) is 0 Å². The van der Waals surface area contributed by atoms with Gasteiger partial charge in [-0.1, -0.05) is 12.1 Å². The monoisotopic (exact) mass is 292 g/mol. The van der Waals surface area contributed by atoms with Gasteiger partial charge in [-0.3, -0.25) is 9.59 Å². The molecule has 0 aromatic heterocycles. The molecule has 21 heavy (non-hydrogen) atoms. The van der Waals surface area contributed by atoms with Gasteiger partial charge in [0.2, 0.25) is 11.8 Å². The number of amides is 2. The maximum absolute atomic E-state index is 11.6. The molecule has 0 aliphatic heterocycles. The molecule has 0 spiro atoms. The SMILES string of the molecule is CCNC(=O)CCCC(=O)NCc1ccc(C(=O)O)cc1. The van der Waals surface area contributed by atoms with Crippen molar-refractivity contribution in [2.24, 2.45) is 0 Å². The van der Waals surface area contributed by atoms with Crippen LogP contribution >= 0.6 is 0 Å². The summed E-state index contributed by atoms with van der Waals surface area (Å²) in [7, 11) is 0. The Balaban J connectivity index is 2.26. The van der Waals surface area contributed by atoms with E-state index in [1.54, 1.807) is 12.1 Å². The average Bonchev–Trinajstić information content (AvgIpc) is 2.46.